The maximum Gasteiger partial charge on any atom is 0.135 e. The van der Waals surface area contributed by atoms with Crippen molar-refractivity contribution < 1.29 is 4.74 Å². The number of hydrogen-bond donors (Lipinski definition) is 0. The molecule has 0 radical (unpaired) electrons. The molecule has 0 bridgehead atoms. The largest absolute Gasteiger partial charge is 0.456 e. The predicted octanol–water partition coefficient (Wildman–Crippen LogP) is 9.74. The van der Waals surface area contributed by atoms with Gasteiger partial charge in [-0.05, 0) is 90.8 Å². The molecule has 1 aliphatic heterocycles. The van der Waals surface area contributed by atoms with Crippen LogP contribution in [0.5, 0.6) is 11.5 Å². The lowest BCUT2D eigenvalue weighted by atomic mass is 9.88. The fourth-order valence-electron chi connectivity index (χ4n) is 5.79. The molecule has 1 aliphatic rings. The van der Waals surface area contributed by atoms with Gasteiger partial charge in [-0.15, -0.1) is 0 Å². The Morgan fingerprint density at radius 1 is 0.371 bits per heavy atom. The first kappa shape index (κ1) is 18.8. The van der Waals surface area contributed by atoms with E-state index in [-0.39, 0.29) is 0 Å². The highest BCUT2D eigenvalue weighted by Crippen LogP contribution is 2.48. The molecule has 1 heterocycles. The van der Waals surface area contributed by atoms with E-state index in [1.807, 2.05) is 6.07 Å². The Morgan fingerprint density at radius 2 is 1.06 bits per heavy atom. The molecule has 0 unspecified atom stereocenters. The molecule has 0 fully saturated rings. The quantitative estimate of drug-likeness (QED) is 0.181. The summed E-state index contributed by atoms with van der Waals surface area (Å²) in [7, 11) is 0. The molecule has 7 aromatic carbocycles. The van der Waals surface area contributed by atoms with Gasteiger partial charge in [-0.1, -0.05) is 84.9 Å². The van der Waals surface area contributed by atoms with Gasteiger partial charge >= 0.3 is 0 Å². The van der Waals surface area contributed by atoms with Crippen LogP contribution in [0.2, 0.25) is 0 Å². The molecule has 0 spiro atoms. The summed E-state index contributed by atoms with van der Waals surface area (Å²) in [5, 5.41) is 10.1. The molecule has 0 atom stereocenters. The summed E-state index contributed by atoms with van der Waals surface area (Å²) < 4.78 is 6.26. The highest BCUT2D eigenvalue weighted by atomic mass is 16.5. The van der Waals surface area contributed by atoms with E-state index in [4.69, 9.17) is 4.74 Å². The Bertz CT molecular complexity index is 1980. The summed E-state index contributed by atoms with van der Waals surface area (Å²) in [5.41, 5.74) is 4.87. The maximum atomic E-state index is 6.26. The van der Waals surface area contributed by atoms with Crippen molar-refractivity contribution in [3.05, 3.63) is 121 Å². The molecule has 8 rings (SSSR count). The number of hydrogen-bond acceptors (Lipinski definition) is 1. The minimum absolute atomic E-state index is 0.916. The second kappa shape index (κ2) is 6.94. The van der Waals surface area contributed by atoms with Gasteiger partial charge in [0.15, 0.2) is 0 Å². The van der Waals surface area contributed by atoms with E-state index >= 15 is 0 Å². The molecule has 1 nitrogen and oxygen atoms in total. The van der Waals surface area contributed by atoms with Crippen LogP contribution in [0.3, 0.4) is 0 Å². The van der Waals surface area contributed by atoms with Gasteiger partial charge in [-0.3, -0.25) is 0 Å². The van der Waals surface area contributed by atoms with E-state index in [0.29, 0.717) is 0 Å². The van der Waals surface area contributed by atoms with Gasteiger partial charge in [0.05, 0.1) is 0 Å². The van der Waals surface area contributed by atoms with E-state index in [2.05, 4.69) is 115 Å². The minimum atomic E-state index is 0.916. The zero-order valence-corrected chi connectivity index (χ0v) is 19.0. The number of rotatable bonds is 1. The molecule has 0 aromatic heterocycles. The van der Waals surface area contributed by atoms with Crippen LogP contribution in [-0.2, 0) is 0 Å². The van der Waals surface area contributed by atoms with Gasteiger partial charge < -0.3 is 4.74 Å². The fourth-order valence-corrected chi connectivity index (χ4v) is 5.79. The summed E-state index contributed by atoms with van der Waals surface area (Å²) in [4.78, 5) is 0. The standard InChI is InChI=1S/C34H20O/c1-2-8-23-19-29-24(17-22(23)7-1)16-15-21-9-5-12-27(33(21)29)26-18-25-10-6-14-32-34(25)30(20-26)28-11-3-4-13-31(28)35-32/h1-20H. The fraction of sp³-hybridized carbons (Fsp3) is 0. The molecular formula is C34H20O. The van der Waals surface area contributed by atoms with E-state index in [1.54, 1.807) is 0 Å². The van der Waals surface area contributed by atoms with Crippen LogP contribution in [0.25, 0.3) is 65.3 Å². The number of benzene rings is 7. The number of fused-ring (bicyclic) bond motifs is 6. The highest BCUT2D eigenvalue weighted by Gasteiger charge is 2.21. The van der Waals surface area contributed by atoms with Crippen molar-refractivity contribution in [2.45, 2.75) is 0 Å². The highest BCUT2D eigenvalue weighted by molar-refractivity contribution is 6.18. The van der Waals surface area contributed by atoms with Crippen molar-refractivity contribution in [3.63, 3.8) is 0 Å². The summed E-state index contributed by atoms with van der Waals surface area (Å²) >= 11 is 0. The van der Waals surface area contributed by atoms with Crippen LogP contribution < -0.4 is 4.74 Å². The lowest BCUT2D eigenvalue weighted by molar-refractivity contribution is 0.487. The smallest absolute Gasteiger partial charge is 0.135 e. The average molecular weight is 445 g/mol. The molecular weight excluding hydrogens is 424 g/mol. The molecule has 0 aliphatic carbocycles. The van der Waals surface area contributed by atoms with Crippen molar-refractivity contribution >= 4 is 43.1 Å². The number of para-hydroxylation sites is 1. The van der Waals surface area contributed by atoms with E-state index < -0.39 is 0 Å². The summed E-state index contributed by atoms with van der Waals surface area (Å²) in [6, 6.07) is 43.8. The number of ether oxygens (including phenoxy) is 1. The molecule has 35 heavy (non-hydrogen) atoms. The summed E-state index contributed by atoms with van der Waals surface area (Å²) in [6.45, 7) is 0. The Balaban J connectivity index is 1.49. The molecule has 0 saturated carbocycles. The molecule has 0 amide bonds. The zero-order chi connectivity index (χ0) is 22.9. The molecule has 162 valence electrons. The van der Waals surface area contributed by atoms with Crippen LogP contribution >= 0.6 is 0 Å². The molecule has 1 heteroatoms. The van der Waals surface area contributed by atoms with E-state index in [0.717, 1.165) is 17.1 Å². The van der Waals surface area contributed by atoms with Gasteiger partial charge in [0, 0.05) is 10.9 Å². The van der Waals surface area contributed by atoms with Crippen LogP contribution in [-0.4, -0.2) is 0 Å². The van der Waals surface area contributed by atoms with Gasteiger partial charge in [-0.2, -0.15) is 0 Å². The van der Waals surface area contributed by atoms with Crippen molar-refractivity contribution in [1.29, 1.82) is 0 Å². The monoisotopic (exact) mass is 444 g/mol. The Morgan fingerprint density at radius 3 is 2.00 bits per heavy atom. The third kappa shape index (κ3) is 2.70. The maximum absolute atomic E-state index is 6.26. The van der Waals surface area contributed by atoms with Crippen LogP contribution in [0.1, 0.15) is 0 Å². The second-order valence-electron chi connectivity index (χ2n) is 9.37. The topological polar surface area (TPSA) is 9.23 Å². The lowest BCUT2D eigenvalue weighted by Crippen LogP contribution is -1.97. The van der Waals surface area contributed by atoms with Crippen molar-refractivity contribution in [1.82, 2.24) is 0 Å². The average Bonchev–Trinajstić information content (AvgIpc) is 2.91. The molecule has 7 aromatic rings. The Labute approximate surface area is 202 Å². The first-order chi connectivity index (χ1) is 17.3. The van der Waals surface area contributed by atoms with E-state index in [1.165, 1.54) is 59.8 Å². The molecule has 0 N–H and O–H groups in total. The first-order valence-electron chi connectivity index (χ1n) is 12.0. The van der Waals surface area contributed by atoms with Crippen LogP contribution in [0.4, 0.5) is 0 Å². The second-order valence-corrected chi connectivity index (χ2v) is 9.37. The first-order valence-corrected chi connectivity index (χ1v) is 12.0. The van der Waals surface area contributed by atoms with Gasteiger partial charge in [0.2, 0.25) is 0 Å². The third-order valence-corrected chi connectivity index (χ3v) is 7.37. The summed E-state index contributed by atoms with van der Waals surface area (Å²) in [5.74, 6) is 1.84. The van der Waals surface area contributed by atoms with Crippen molar-refractivity contribution in [3.8, 4) is 33.8 Å². The molecule has 0 saturated heterocycles. The summed E-state index contributed by atoms with van der Waals surface area (Å²) in [6.07, 6.45) is 0. The van der Waals surface area contributed by atoms with Crippen molar-refractivity contribution in [2.75, 3.05) is 0 Å². The van der Waals surface area contributed by atoms with Gasteiger partial charge in [0.25, 0.3) is 0 Å². The van der Waals surface area contributed by atoms with Crippen LogP contribution in [0.15, 0.2) is 121 Å². The van der Waals surface area contributed by atoms with Crippen molar-refractivity contribution in [2.24, 2.45) is 0 Å². The van der Waals surface area contributed by atoms with E-state index in [9.17, 15) is 0 Å². The lowest BCUT2D eigenvalue weighted by Gasteiger charge is -2.22. The Kier molecular flexibility index (Phi) is 3.72. The minimum Gasteiger partial charge on any atom is -0.456 e. The van der Waals surface area contributed by atoms with Crippen LogP contribution in [0, 0.1) is 0 Å². The van der Waals surface area contributed by atoms with Gasteiger partial charge in [0.1, 0.15) is 11.5 Å². The third-order valence-electron chi connectivity index (χ3n) is 7.37. The normalized spacial score (nSPS) is 12.2. The zero-order valence-electron chi connectivity index (χ0n) is 19.0. The SMILES string of the molecule is c1ccc2c(c1)Oc1cccc3cc(-c4cccc5ccc6cc7ccccc7cc6c45)cc-2c13. The Hall–Kier alpha value is -4.62. The predicted molar refractivity (Wildman–Crippen MR) is 147 cm³/mol. The van der Waals surface area contributed by atoms with Gasteiger partial charge in [-0.25, -0.2) is 0 Å².